The van der Waals surface area contributed by atoms with Gasteiger partial charge in [-0.25, -0.2) is 4.90 Å². The molecule has 43 heavy (non-hydrogen) atoms. The third-order valence-electron chi connectivity index (χ3n) is 7.79. The molecule has 2 aliphatic heterocycles. The molecule has 0 bridgehead atoms. The molecule has 1 fully saturated rings. The Hall–Kier alpha value is -4.35. The van der Waals surface area contributed by atoms with Gasteiger partial charge >= 0.3 is 4.87 Å². The van der Waals surface area contributed by atoms with E-state index in [1.807, 2.05) is 74.4 Å². The Bertz CT molecular complexity index is 1760. The lowest BCUT2D eigenvalue weighted by molar-refractivity contribution is -0.122. The first-order chi connectivity index (χ1) is 20.7. The van der Waals surface area contributed by atoms with E-state index in [-0.39, 0.29) is 29.1 Å². The van der Waals surface area contributed by atoms with E-state index in [0.29, 0.717) is 27.0 Å². The van der Waals surface area contributed by atoms with Crippen molar-refractivity contribution in [2.24, 2.45) is 5.92 Å². The molecule has 3 amide bonds. The summed E-state index contributed by atoms with van der Waals surface area (Å²) in [5.74, 6) is -1.65. The van der Waals surface area contributed by atoms with Crippen molar-refractivity contribution in [1.82, 2.24) is 4.57 Å². The van der Waals surface area contributed by atoms with Crippen LogP contribution in [0.3, 0.4) is 0 Å². The average Bonchev–Trinajstić information content (AvgIpc) is 3.44. The third kappa shape index (κ3) is 5.23. The summed E-state index contributed by atoms with van der Waals surface area (Å²) >= 11 is 2.23. The number of hydrogen-bond acceptors (Lipinski definition) is 8. The standard InChI is InChI=1S/C32H30N4O5S2/c1-18-5-9-20(10-6-18)33-24(37)17-35-31-28(43-32(35)40)25(19-7-11-21(12-8-19)34(2)3)26-27(42-31)30(39)36(29(26)38)22-13-15-23(41-4)16-14-22/h5-16,25-27H,17H2,1-4H3,(H,33,37). The number of thioether (sulfide) groups is 1. The largest absolute Gasteiger partial charge is 0.497 e. The number of nitrogens with one attached hydrogen (secondary N) is 1. The van der Waals surface area contributed by atoms with Gasteiger partial charge in [-0.05, 0) is 61.0 Å². The molecule has 1 saturated heterocycles. The minimum Gasteiger partial charge on any atom is -0.497 e. The molecule has 0 saturated carbocycles. The summed E-state index contributed by atoms with van der Waals surface area (Å²) in [7, 11) is 5.44. The molecule has 9 nitrogen and oxygen atoms in total. The van der Waals surface area contributed by atoms with Crippen molar-refractivity contribution in [3.8, 4) is 5.75 Å². The summed E-state index contributed by atoms with van der Waals surface area (Å²) < 4.78 is 6.68. The van der Waals surface area contributed by atoms with Crippen LogP contribution in [0.5, 0.6) is 5.75 Å². The molecular formula is C32H30N4O5S2. The number of aromatic nitrogens is 1. The van der Waals surface area contributed by atoms with Gasteiger partial charge in [0.15, 0.2) is 0 Å². The Balaban J connectivity index is 1.40. The number of amides is 3. The molecule has 0 aliphatic carbocycles. The highest BCUT2D eigenvalue weighted by Gasteiger charge is 2.56. The quantitative estimate of drug-likeness (QED) is 0.301. The smallest absolute Gasteiger partial charge is 0.308 e. The van der Waals surface area contributed by atoms with Crippen molar-refractivity contribution in [2.75, 3.05) is 36.3 Å². The highest BCUT2D eigenvalue weighted by atomic mass is 32.2. The van der Waals surface area contributed by atoms with E-state index in [9.17, 15) is 19.2 Å². The maximum Gasteiger partial charge on any atom is 0.308 e. The fraction of sp³-hybridized carbons (Fsp3) is 0.250. The summed E-state index contributed by atoms with van der Waals surface area (Å²) in [5.41, 5.74) is 3.98. The molecule has 220 valence electrons. The van der Waals surface area contributed by atoms with Crippen LogP contribution >= 0.6 is 23.1 Å². The second-order valence-electron chi connectivity index (χ2n) is 10.8. The third-order valence-corrected chi connectivity index (χ3v) is 10.4. The number of carbonyl (C=O) groups is 3. The minimum atomic E-state index is -0.763. The zero-order valence-corrected chi connectivity index (χ0v) is 25.7. The molecule has 3 atom stereocenters. The number of nitrogens with zero attached hydrogens (tertiary/aromatic N) is 3. The molecule has 6 rings (SSSR count). The Morgan fingerprint density at radius 2 is 1.60 bits per heavy atom. The average molecular weight is 615 g/mol. The maximum absolute atomic E-state index is 14.1. The predicted molar refractivity (Wildman–Crippen MR) is 170 cm³/mol. The number of ether oxygens (including phenoxy) is 1. The fourth-order valence-corrected chi connectivity index (χ4v) is 8.33. The molecule has 2 aliphatic rings. The summed E-state index contributed by atoms with van der Waals surface area (Å²) in [5, 5.41) is 2.64. The molecule has 1 N–H and O–H groups in total. The van der Waals surface area contributed by atoms with Crippen molar-refractivity contribution in [3.05, 3.63) is 98.5 Å². The first-order valence-electron chi connectivity index (χ1n) is 13.7. The van der Waals surface area contributed by atoms with Crippen LogP contribution in [-0.2, 0) is 20.9 Å². The molecule has 3 unspecified atom stereocenters. The van der Waals surface area contributed by atoms with Gasteiger partial charge in [-0.2, -0.15) is 0 Å². The topological polar surface area (TPSA) is 101 Å². The van der Waals surface area contributed by atoms with Gasteiger partial charge in [-0.1, -0.05) is 52.9 Å². The normalized spacial score (nSPS) is 19.2. The van der Waals surface area contributed by atoms with Gasteiger partial charge in [0, 0.05) is 36.3 Å². The van der Waals surface area contributed by atoms with Crippen LogP contribution in [0, 0.1) is 12.8 Å². The molecule has 3 heterocycles. The van der Waals surface area contributed by atoms with E-state index in [0.717, 1.165) is 28.2 Å². The number of methoxy groups -OCH3 is 1. The maximum atomic E-state index is 14.1. The van der Waals surface area contributed by atoms with Crippen LogP contribution in [0.15, 0.2) is 82.6 Å². The number of fused-ring (bicyclic) bond motifs is 2. The van der Waals surface area contributed by atoms with Crippen molar-refractivity contribution >= 4 is 57.9 Å². The molecule has 0 spiro atoms. The lowest BCUT2D eigenvalue weighted by Gasteiger charge is -2.31. The number of benzene rings is 3. The van der Waals surface area contributed by atoms with E-state index in [4.69, 9.17) is 4.74 Å². The second-order valence-corrected chi connectivity index (χ2v) is 12.9. The summed E-state index contributed by atoms with van der Waals surface area (Å²) in [6.07, 6.45) is 0. The number of hydrogen-bond donors (Lipinski definition) is 1. The Kier molecular flexibility index (Phi) is 7.61. The Morgan fingerprint density at radius 3 is 2.23 bits per heavy atom. The van der Waals surface area contributed by atoms with Crippen LogP contribution in [0.2, 0.25) is 0 Å². The molecule has 4 aromatic rings. The number of imide groups is 1. The highest BCUT2D eigenvalue weighted by Crippen LogP contribution is 2.54. The summed E-state index contributed by atoms with van der Waals surface area (Å²) in [6.45, 7) is 1.75. The lowest BCUT2D eigenvalue weighted by atomic mass is 9.83. The predicted octanol–water partition coefficient (Wildman–Crippen LogP) is 4.73. The number of aryl methyl sites for hydroxylation is 1. The zero-order valence-electron chi connectivity index (χ0n) is 24.1. The number of anilines is 3. The van der Waals surface area contributed by atoms with Gasteiger partial charge < -0.3 is 15.0 Å². The monoisotopic (exact) mass is 614 g/mol. The molecule has 3 aromatic carbocycles. The van der Waals surface area contributed by atoms with E-state index < -0.39 is 17.1 Å². The van der Waals surface area contributed by atoms with Crippen LogP contribution in [0.25, 0.3) is 0 Å². The zero-order chi connectivity index (χ0) is 30.4. The van der Waals surface area contributed by atoms with E-state index >= 15 is 0 Å². The van der Waals surface area contributed by atoms with Crippen molar-refractivity contribution in [3.63, 3.8) is 0 Å². The SMILES string of the molecule is COc1ccc(N2C(=O)C3Sc4c(sc(=O)n4CC(=O)Nc4ccc(C)cc4)C(c4ccc(N(C)C)cc4)C3C2=O)cc1. The van der Waals surface area contributed by atoms with Crippen LogP contribution in [0.4, 0.5) is 17.1 Å². The number of rotatable bonds is 7. The van der Waals surface area contributed by atoms with Gasteiger partial charge in [-0.15, -0.1) is 0 Å². The van der Waals surface area contributed by atoms with Gasteiger partial charge in [0.05, 0.1) is 23.7 Å². The van der Waals surface area contributed by atoms with Crippen molar-refractivity contribution < 1.29 is 19.1 Å². The van der Waals surface area contributed by atoms with Crippen LogP contribution in [0.1, 0.15) is 21.9 Å². The van der Waals surface area contributed by atoms with Crippen LogP contribution in [-0.4, -0.2) is 48.7 Å². The van der Waals surface area contributed by atoms with Crippen molar-refractivity contribution in [1.29, 1.82) is 0 Å². The van der Waals surface area contributed by atoms with Gasteiger partial charge in [-0.3, -0.25) is 23.7 Å². The molecule has 0 radical (unpaired) electrons. The van der Waals surface area contributed by atoms with Gasteiger partial charge in [0.25, 0.3) is 0 Å². The molecular weight excluding hydrogens is 585 g/mol. The van der Waals surface area contributed by atoms with Gasteiger partial charge in [0.1, 0.15) is 17.5 Å². The summed E-state index contributed by atoms with van der Waals surface area (Å²) in [4.78, 5) is 58.1. The lowest BCUT2D eigenvalue weighted by Crippen LogP contribution is -2.33. The number of thiazole rings is 1. The second kappa shape index (κ2) is 11.4. The van der Waals surface area contributed by atoms with E-state index in [2.05, 4.69) is 5.32 Å². The van der Waals surface area contributed by atoms with E-state index in [1.54, 1.807) is 31.4 Å². The molecule has 11 heteroatoms. The Labute approximate surface area is 257 Å². The van der Waals surface area contributed by atoms with Crippen molar-refractivity contribution in [2.45, 2.75) is 29.7 Å². The first-order valence-corrected chi connectivity index (χ1v) is 15.4. The van der Waals surface area contributed by atoms with E-state index in [1.165, 1.54) is 21.2 Å². The highest BCUT2D eigenvalue weighted by molar-refractivity contribution is 8.00. The number of carbonyl (C=O) groups excluding carboxylic acids is 3. The summed E-state index contributed by atoms with van der Waals surface area (Å²) in [6, 6.07) is 22.0. The first kappa shape index (κ1) is 28.8. The molecule has 1 aromatic heterocycles. The fourth-order valence-electron chi connectivity index (χ4n) is 5.56. The van der Waals surface area contributed by atoms with Gasteiger partial charge in [0.2, 0.25) is 17.7 Å². The van der Waals surface area contributed by atoms with Crippen LogP contribution < -0.4 is 24.7 Å². The minimum absolute atomic E-state index is 0.209. The Morgan fingerprint density at radius 1 is 0.930 bits per heavy atom.